The minimum Gasteiger partial charge on any atom is -0.377 e. The summed E-state index contributed by atoms with van der Waals surface area (Å²) in [6.07, 6.45) is 0. The van der Waals surface area contributed by atoms with Crippen LogP contribution in [-0.4, -0.2) is 17.0 Å². The number of hydrogen-bond donors (Lipinski definition) is 0. The van der Waals surface area contributed by atoms with Crippen LogP contribution in [-0.2, 0) is 4.74 Å². The Labute approximate surface area is 144 Å². The summed E-state index contributed by atoms with van der Waals surface area (Å²) in [5.41, 5.74) is 0.414. The molecule has 12 atom stereocenters. The molecule has 0 amide bonds. The highest BCUT2D eigenvalue weighted by atomic mass is 79.9. The van der Waals surface area contributed by atoms with Crippen LogP contribution in [0.1, 0.15) is 0 Å². The molecule has 2 heteroatoms. The van der Waals surface area contributed by atoms with Gasteiger partial charge in [-0.25, -0.2) is 0 Å². The average molecular weight is 369 g/mol. The largest absolute Gasteiger partial charge is 0.377 e. The number of ether oxygens (including phenoxy) is 1. The fraction of sp³-hybridized carbons (Fsp3) is 1.00. The van der Waals surface area contributed by atoms with E-state index in [0.717, 1.165) is 107 Å². The van der Waals surface area contributed by atoms with Crippen LogP contribution in [0.25, 0.3) is 0 Å². The molecule has 0 aromatic rings. The zero-order valence-electron chi connectivity index (χ0n) is 13.2. The van der Waals surface area contributed by atoms with Crippen molar-refractivity contribution in [3.63, 3.8) is 0 Å². The quantitative estimate of drug-likeness (QED) is 0.646. The lowest BCUT2D eigenvalue weighted by Crippen LogP contribution is -2.46. The van der Waals surface area contributed by atoms with E-state index in [1.807, 2.05) is 0 Å². The van der Waals surface area contributed by atoms with Gasteiger partial charge in [0.2, 0.25) is 0 Å². The normalized spacial score (nSPS) is 102. The Morgan fingerprint density at radius 1 is 0.522 bits per heavy atom. The number of rotatable bonds is 1. The van der Waals surface area contributed by atoms with E-state index in [4.69, 9.17) is 4.74 Å². The van der Waals surface area contributed by atoms with Gasteiger partial charge in [0, 0.05) is 11.4 Å². The van der Waals surface area contributed by atoms with Gasteiger partial charge in [-0.1, -0.05) is 15.9 Å². The van der Waals surface area contributed by atoms with Crippen molar-refractivity contribution in [1.82, 2.24) is 0 Å². The van der Waals surface area contributed by atoms with E-state index >= 15 is 0 Å². The Morgan fingerprint density at radius 3 is 1.04 bits per heavy atom. The molecule has 0 aromatic heterocycles. The van der Waals surface area contributed by atoms with Crippen LogP contribution in [0.15, 0.2) is 0 Å². The van der Waals surface area contributed by atoms with Crippen molar-refractivity contribution in [3.8, 4) is 0 Å². The van der Waals surface area contributed by atoms with Crippen molar-refractivity contribution < 1.29 is 4.74 Å². The molecule has 12 rings (SSSR count). The highest BCUT2D eigenvalue weighted by Gasteiger charge is 3.04. The summed E-state index contributed by atoms with van der Waals surface area (Å²) < 4.78 is 7.39. The Kier molecular flexibility index (Phi) is 1.04. The summed E-state index contributed by atoms with van der Waals surface area (Å²) in [6.45, 7) is 0. The van der Waals surface area contributed by atoms with Gasteiger partial charge in [0.1, 0.15) is 0 Å². The van der Waals surface area contributed by atoms with E-state index in [-0.39, 0.29) is 0 Å². The molecule has 12 fully saturated rings. The highest BCUT2D eigenvalue weighted by molar-refractivity contribution is 9.10. The van der Waals surface area contributed by atoms with E-state index in [1.54, 1.807) is 0 Å². The predicted molar refractivity (Wildman–Crippen MR) is 84.2 cm³/mol. The zero-order chi connectivity index (χ0) is 14.1. The predicted octanol–water partition coefficient (Wildman–Crippen LogP) is 2.75. The zero-order valence-corrected chi connectivity index (χ0v) is 14.8. The van der Waals surface area contributed by atoms with Gasteiger partial charge in [0.25, 0.3) is 0 Å². The van der Waals surface area contributed by atoms with Crippen LogP contribution in [0.3, 0.4) is 0 Å². The molecule has 118 valence electrons. The molecule has 0 N–H and O–H groups in total. The minimum absolute atomic E-state index is 0.414. The molecule has 12 unspecified atom stereocenters. The first-order chi connectivity index (χ1) is 11.3. The minimum atomic E-state index is 0.414. The van der Waals surface area contributed by atoms with Gasteiger partial charge in [-0.3, -0.25) is 0 Å². The molecule has 0 spiro atoms. The third-order valence-corrected chi connectivity index (χ3v) is 15.3. The number of methoxy groups -OCH3 is 1. The van der Waals surface area contributed by atoms with Gasteiger partial charge in [0.15, 0.2) is 0 Å². The van der Waals surface area contributed by atoms with Gasteiger partial charge in [-0.2, -0.15) is 0 Å². The summed E-state index contributed by atoms with van der Waals surface area (Å²) in [4.78, 5) is 0. The van der Waals surface area contributed by atoms with E-state index in [9.17, 15) is 0 Å². The summed E-state index contributed by atoms with van der Waals surface area (Å²) in [6, 6.07) is 0. The molecule has 0 aromatic carbocycles. The first-order valence-corrected chi connectivity index (χ1v) is 11.3. The summed E-state index contributed by atoms with van der Waals surface area (Å²) in [7, 11) is 2.15. The van der Waals surface area contributed by atoms with Crippen molar-refractivity contribution in [2.45, 2.75) is 9.93 Å². The first-order valence-electron chi connectivity index (χ1n) is 10.5. The molecule has 12 saturated carbocycles. The van der Waals surface area contributed by atoms with Crippen molar-refractivity contribution >= 4 is 15.9 Å². The van der Waals surface area contributed by atoms with Crippen molar-refractivity contribution in [2.75, 3.05) is 7.11 Å². The molecule has 0 bridgehead atoms. The first kappa shape index (κ1) is 10.6. The maximum absolute atomic E-state index is 6.73. The van der Waals surface area contributed by atoms with Crippen LogP contribution in [0.5, 0.6) is 0 Å². The average Bonchev–Trinajstić information content (AvgIpc) is 3.23. The standard InChI is InChI=1S/C21H21BrO/c1-23-21-17-8-2-3-9(17)11-6-7-13(19(11)21)12-5-4(10(8)18(12)21)14(2)20(22,15(3)6)16(5)7/h2-19H,1H3. The Balaban J connectivity index is 1.45. The summed E-state index contributed by atoms with van der Waals surface area (Å²) in [5.74, 6) is 20.2. The van der Waals surface area contributed by atoms with E-state index < -0.39 is 0 Å². The SMILES string of the molecule is COC12C3C4C5C6C3C3C7C8C(C9C%10C(C4C91)C5C(Br)(C67)C%108)C32. The molecule has 23 heavy (non-hydrogen) atoms. The monoisotopic (exact) mass is 368 g/mol. The molecule has 1 nitrogen and oxygen atoms in total. The second kappa shape index (κ2) is 2.27. The van der Waals surface area contributed by atoms with Crippen LogP contribution in [0, 0.1) is 107 Å². The molecule has 0 heterocycles. The maximum atomic E-state index is 6.73. The second-order valence-corrected chi connectivity index (χ2v) is 13.3. The van der Waals surface area contributed by atoms with Gasteiger partial charge >= 0.3 is 0 Å². The Morgan fingerprint density at radius 2 is 0.783 bits per heavy atom. The van der Waals surface area contributed by atoms with Crippen molar-refractivity contribution in [1.29, 1.82) is 0 Å². The third kappa shape index (κ3) is 0.511. The van der Waals surface area contributed by atoms with E-state index in [0.29, 0.717) is 9.93 Å². The van der Waals surface area contributed by atoms with Crippen molar-refractivity contribution in [2.24, 2.45) is 107 Å². The molecule has 12 aliphatic carbocycles. The van der Waals surface area contributed by atoms with Gasteiger partial charge in [-0.15, -0.1) is 0 Å². The lowest BCUT2D eigenvalue weighted by atomic mass is 9.74. The molecule has 0 aliphatic heterocycles. The van der Waals surface area contributed by atoms with Crippen molar-refractivity contribution in [3.05, 3.63) is 0 Å². The molecule has 12 aliphatic rings. The maximum Gasteiger partial charge on any atom is 0.0779 e. The third-order valence-electron chi connectivity index (χ3n) is 13.8. The Bertz CT molecular complexity index is 672. The van der Waals surface area contributed by atoms with E-state index in [1.165, 1.54) is 0 Å². The molecular formula is C21H21BrO. The lowest BCUT2D eigenvalue weighted by molar-refractivity contribution is -0.0889. The molecule has 0 saturated heterocycles. The second-order valence-electron chi connectivity index (χ2n) is 12.0. The van der Waals surface area contributed by atoms with Crippen LogP contribution < -0.4 is 0 Å². The van der Waals surface area contributed by atoms with Gasteiger partial charge in [-0.05, 0) is 107 Å². The van der Waals surface area contributed by atoms with Crippen LogP contribution in [0.2, 0.25) is 0 Å². The highest BCUT2D eigenvalue weighted by Crippen LogP contribution is 3.04. The van der Waals surface area contributed by atoms with E-state index in [2.05, 4.69) is 23.0 Å². The Hall–Kier alpha value is 0.440. The van der Waals surface area contributed by atoms with Gasteiger partial charge in [0.05, 0.1) is 5.60 Å². The number of hydrogen-bond acceptors (Lipinski definition) is 1. The fourth-order valence-corrected chi connectivity index (χ4v) is 17.5. The summed E-state index contributed by atoms with van der Waals surface area (Å²) >= 11 is 4.61. The fourth-order valence-electron chi connectivity index (χ4n) is 15.7. The molecule has 0 radical (unpaired) electrons. The summed E-state index contributed by atoms with van der Waals surface area (Å²) in [5, 5.41) is 0. The lowest BCUT2D eigenvalue weighted by Gasteiger charge is -2.41. The number of alkyl halides is 1. The molecular weight excluding hydrogens is 348 g/mol. The topological polar surface area (TPSA) is 9.23 Å². The smallest absolute Gasteiger partial charge is 0.0779 e. The number of halogens is 1. The van der Waals surface area contributed by atoms with Gasteiger partial charge < -0.3 is 4.74 Å². The van der Waals surface area contributed by atoms with Crippen LogP contribution >= 0.6 is 15.9 Å². The van der Waals surface area contributed by atoms with Crippen LogP contribution in [0.4, 0.5) is 0 Å².